The molecule has 0 fully saturated rings. The quantitative estimate of drug-likeness (QED) is 0.335. The van der Waals surface area contributed by atoms with Crippen LogP contribution in [0.4, 0.5) is 14.5 Å². The first-order chi connectivity index (χ1) is 17.0. The third-order valence-electron chi connectivity index (χ3n) is 6.75. The zero-order chi connectivity index (χ0) is 26.5. The van der Waals surface area contributed by atoms with Crippen LogP contribution in [-0.4, -0.2) is 34.4 Å². The average molecular weight is 520 g/mol. The number of nitrogens with zero attached hydrogens (tertiary/aromatic N) is 2. The fraction of sp³-hybridized carbons (Fsp3) is 0.500. The molecule has 1 aliphatic heterocycles. The topological polar surface area (TPSA) is 64.9 Å². The summed E-state index contributed by atoms with van der Waals surface area (Å²) in [7, 11) is 0. The highest BCUT2D eigenvalue weighted by Crippen LogP contribution is 2.42. The molecule has 0 aliphatic carbocycles. The van der Waals surface area contributed by atoms with Gasteiger partial charge in [-0.2, -0.15) is 5.10 Å². The highest BCUT2D eigenvalue weighted by molar-refractivity contribution is 6.31. The van der Waals surface area contributed by atoms with Gasteiger partial charge < -0.3 is 10.4 Å². The summed E-state index contributed by atoms with van der Waals surface area (Å²) in [5.41, 5.74) is 0.0557. The highest BCUT2D eigenvalue weighted by atomic mass is 35.5. The van der Waals surface area contributed by atoms with Gasteiger partial charge in [0.25, 0.3) is 0 Å². The predicted molar refractivity (Wildman–Crippen MR) is 141 cm³/mol. The molecule has 0 spiro atoms. The molecule has 2 unspecified atom stereocenters. The Morgan fingerprint density at radius 3 is 2.47 bits per heavy atom. The van der Waals surface area contributed by atoms with Crippen LogP contribution in [0, 0.1) is 17.6 Å². The van der Waals surface area contributed by atoms with Crippen LogP contribution < -0.4 is 10.3 Å². The van der Waals surface area contributed by atoms with E-state index < -0.39 is 17.0 Å². The van der Waals surface area contributed by atoms with Crippen molar-refractivity contribution in [3.63, 3.8) is 0 Å². The van der Waals surface area contributed by atoms with Gasteiger partial charge in [-0.15, -0.1) is 0 Å². The molecule has 5 nitrogen and oxygen atoms in total. The van der Waals surface area contributed by atoms with Gasteiger partial charge in [0.15, 0.2) is 0 Å². The maximum absolute atomic E-state index is 14.0. The third-order valence-corrected chi connectivity index (χ3v) is 7.04. The van der Waals surface area contributed by atoms with Gasteiger partial charge in [-0.05, 0) is 82.3 Å². The zero-order valence-corrected chi connectivity index (χ0v) is 22.2. The van der Waals surface area contributed by atoms with Crippen LogP contribution in [0.2, 0.25) is 5.02 Å². The Hall–Kier alpha value is -2.51. The van der Waals surface area contributed by atoms with Crippen LogP contribution in [-0.2, 0) is 4.79 Å². The molecule has 8 heteroatoms. The van der Waals surface area contributed by atoms with E-state index in [2.05, 4.69) is 12.2 Å². The second-order valence-corrected chi connectivity index (χ2v) is 10.7. The van der Waals surface area contributed by atoms with Gasteiger partial charge in [0.2, 0.25) is 5.91 Å². The number of aliphatic hydroxyl groups is 1. The lowest BCUT2D eigenvalue weighted by molar-refractivity contribution is -0.126. The molecule has 0 bridgehead atoms. The van der Waals surface area contributed by atoms with Gasteiger partial charge in [-0.25, -0.2) is 13.8 Å². The highest BCUT2D eigenvalue weighted by Gasteiger charge is 2.53. The van der Waals surface area contributed by atoms with Gasteiger partial charge in [0.05, 0.1) is 22.0 Å². The molecule has 2 aromatic carbocycles. The number of anilines is 1. The first-order valence-electron chi connectivity index (χ1n) is 12.6. The molecular weight excluding hydrogens is 484 g/mol. The maximum atomic E-state index is 14.0. The van der Waals surface area contributed by atoms with E-state index in [1.807, 2.05) is 6.92 Å². The van der Waals surface area contributed by atoms with E-state index >= 15 is 0 Å². The number of halogens is 3. The minimum absolute atomic E-state index is 0.0579. The molecule has 0 radical (unpaired) electrons. The number of unbranched alkanes of at least 4 members (excludes halogenated alkanes) is 2. The first-order valence-corrected chi connectivity index (χ1v) is 13.0. The van der Waals surface area contributed by atoms with E-state index in [4.69, 9.17) is 16.7 Å². The van der Waals surface area contributed by atoms with E-state index in [-0.39, 0.29) is 22.7 Å². The molecule has 1 heterocycles. The predicted octanol–water partition coefficient (Wildman–Crippen LogP) is 6.47. The number of nitrogens with one attached hydrogen (secondary N) is 1. The second-order valence-electron chi connectivity index (χ2n) is 10.3. The summed E-state index contributed by atoms with van der Waals surface area (Å²) in [5.74, 6) is -1.39. The van der Waals surface area contributed by atoms with Crippen LogP contribution in [0.1, 0.15) is 71.8 Å². The first kappa shape index (κ1) is 28.1. The van der Waals surface area contributed by atoms with Crippen LogP contribution in [0.5, 0.6) is 0 Å². The van der Waals surface area contributed by atoms with Crippen molar-refractivity contribution in [1.29, 1.82) is 0 Å². The summed E-state index contributed by atoms with van der Waals surface area (Å²) in [6.07, 6.45) is 4.63. The Morgan fingerprint density at radius 2 is 1.86 bits per heavy atom. The van der Waals surface area contributed by atoms with E-state index in [9.17, 15) is 18.7 Å². The van der Waals surface area contributed by atoms with Crippen LogP contribution in [0.15, 0.2) is 47.6 Å². The van der Waals surface area contributed by atoms with Gasteiger partial charge in [0.1, 0.15) is 17.2 Å². The Labute approximate surface area is 217 Å². The van der Waals surface area contributed by atoms with Crippen molar-refractivity contribution in [3.8, 4) is 0 Å². The van der Waals surface area contributed by atoms with Crippen molar-refractivity contribution in [2.24, 2.45) is 11.0 Å². The number of hydrazone groups is 1. The molecule has 0 saturated carbocycles. The number of rotatable bonds is 11. The molecule has 0 saturated heterocycles. The fourth-order valence-corrected chi connectivity index (χ4v) is 4.84. The monoisotopic (exact) mass is 519 g/mol. The van der Waals surface area contributed by atoms with Gasteiger partial charge >= 0.3 is 0 Å². The summed E-state index contributed by atoms with van der Waals surface area (Å²) >= 11 is 6.10. The Balaban J connectivity index is 1.97. The molecule has 2 N–H and O–H groups in total. The number of hydrogen-bond donors (Lipinski definition) is 2. The van der Waals surface area contributed by atoms with Gasteiger partial charge in [-0.1, -0.05) is 43.5 Å². The Morgan fingerprint density at radius 1 is 1.17 bits per heavy atom. The molecule has 3 rings (SSSR count). The lowest BCUT2D eigenvalue weighted by Crippen LogP contribution is -2.58. The van der Waals surface area contributed by atoms with E-state index in [1.165, 1.54) is 24.3 Å². The number of hydrogen-bond acceptors (Lipinski definition) is 4. The van der Waals surface area contributed by atoms with E-state index in [0.717, 1.165) is 31.2 Å². The molecule has 196 valence electrons. The van der Waals surface area contributed by atoms with Crippen molar-refractivity contribution in [2.45, 2.75) is 77.4 Å². The Bertz CT molecular complexity index is 1090. The van der Waals surface area contributed by atoms with Crippen molar-refractivity contribution >= 4 is 28.9 Å². The molecule has 1 aliphatic rings. The SMILES string of the molecule is CCCCC1C(c2ccc(F)cc2)=NN(c2ccc(F)c(Cl)c2)C1(C)C(=O)NCCCCC(C)(C)O. The van der Waals surface area contributed by atoms with Crippen LogP contribution >= 0.6 is 11.6 Å². The molecule has 0 aromatic heterocycles. The standard InChI is InChI=1S/C28H36ClF2N3O2/c1-5-6-9-22-25(19-10-12-20(30)13-11-19)33-34(21-14-15-24(31)23(29)18-21)28(22,4)26(35)32-17-8-7-16-27(2,3)36/h10-15,18,22,36H,5-9,16-17H2,1-4H3,(H,32,35). The van der Waals surface area contributed by atoms with Crippen LogP contribution in [0.25, 0.3) is 0 Å². The normalized spacial score (nSPS) is 19.9. The average Bonchev–Trinajstić information content (AvgIpc) is 3.12. The number of amides is 1. The van der Waals surface area contributed by atoms with Crippen molar-refractivity contribution in [2.75, 3.05) is 11.6 Å². The lowest BCUT2D eigenvalue weighted by atomic mass is 9.77. The molecule has 2 aromatic rings. The largest absolute Gasteiger partial charge is 0.390 e. The molecule has 1 amide bonds. The zero-order valence-electron chi connectivity index (χ0n) is 21.5. The Kier molecular flexibility index (Phi) is 9.12. The smallest absolute Gasteiger partial charge is 0.248 e. The molecule has 2 atom stereocenters. The van der Waals surface area contributed by atoms with Gasteiger partial charge in [0, 0.05) is 12.5 Å². The molecular formula is C28H36ClF2N3O2. The van der Waals surface area contributed by atoms with E-state index in [1.54, 1.807) is 37.1 Å². The number of carbonyl (C=O) groups is 1. The van der Waals surface area contributed by atoms with Crippen molar-refractivity contribution in [1.82, 2.24) is 5.32 Å². The fourth-order valence-electron chi connectivity index (χ4n) is 4.66. The van der Waals surface area contributed by atoms with Crippen molar-refractivity contribution in [3.05, 3.63) is 64.7 Å². The summed E-state index contributed by atoms with van der Waals surface area (Å²) in [6.45, 7) is 7.92. The maximum Gasteiger partial charge on any atom is 0.248 e. The van der Waals surface area contributed by atoms with Crippen LogP contribution in [0.3, 0.4) is 0 Å². The van der Waals surface area contributed by atoms with Gasteiger partial charge in [-0.3, -0.25) is 4.79 Å². The summed E-state index contributed by atoms with van der Waals surface area (Å²) in [4.78, 5) is 13.8. The minimum Gasteiger partial charge on any atom is -0.390 e. The van der Waals surface area contributed by atoms with E-state index in [0.29, 0.717) is 30.8 Å². The third kappa shape index (κ3) is 6.43. The minimum atomic E-state index is -1.11. The summed E-state index contributed by atoms with van der Waals surface area (Å²) < 4.78 is 27.6. The number of carbonyl (C=O) groups excluding carboxylic acids is 1. The lowest BCUT2D eigenvalue weighted by Gasteiger charge is -2.38. The van der Waals surface area contributed by atoms with Crippen molar-refractivity contribution < 1.29 is 18.7 Å². The summed E-state index contributed by atoms with van der Waals surface area (Å²) in [5, 5.41) is 19.4. The second kappa shape index (κ2) is 11.7. The number of benzene rings is 2. The molecule has 36 heavy (non-hydrogen) atoms. The summed E-state index contributed by atoms with van der Waals surface area (Å²) in [6, 6.07) is 10.4.